The van der Waals surface area contributed by atoms with E-state index in [-0.39, 0.29) is 10.6 Å². The van der Waals surface area contributed by atoms with Crippen LogP contribution in [0.4, 0.5) is 28.8 Å². The van der Waals surface area contributed by atoms with Gasteiger partial charge in [0.1, 0.15) is 9.92 Å². The zero-order valence-electron chi connectivity index (χ0n) is 18.5. The van der Waals surface area contributed by atoms with Gasteiger partial charge in [0.05, 0.1) is 29.5 Å². The minimum atomic E-state index is -3.87. The van der Waals surface area contributed by atoms with Crippen molar-refractivity contribution < 1.29 is 8.42 Å². The lowest BCUT2D eigenvalue weighted by Crippen LogP contribution is -2.16. The van der Waals surface area contributed by atoms with Crippen LogP contribution in [0.15, 0.2) is 72.0 Å². The lowest BCUT2D eigenvalue weighted by Gasteiger charge is -2.17. The first-order valence-corrected chi connectivity index (χ1v) is 12.7. The standard InChI is InChI=1S/C24H22ClN7O2S/c25-19-14-29-24-30-18-10-16(11-27-13-18)5-7-17-9-15(12-28-23(19)31-24)6-8-21(17)32-35(33,34)22-4-2-1-3-20(22)26/h1-4,6,8-11,13-14,32H,5,7,12,26H2,(H2,28,29,30,31). The summed E-state index contributed by atoms with van der Waals surface area (Å²) >= 11 is 6.29. The molecular formula is C24H22ClN7O2S. The number of nitrogens with one attached hydrogen (secondary N) is 3. The van der Waals surface area contributed by atoms with Gasteiger partial charge in [0, 0.05) is 12.7 Å². The van der Waals surface area contributed by atoms with Crippen LogP contribution in [0, 0.1) is 0 Å². The van der Waals surface area contributed by atoms with Gasteiger partial charge >= 0.3 is 0 Å². The van der Waals surface area contributed by atoms with Crippen molar-refractivity contribution in [3.05, 3.63) is 88.8 Å². The summed E-state index contributed by atoms with van der Waals surface area (Å²) in [5, 5.41) is 6.77. The number of nitrogens with two attached hydrogens (primary N) is 1. The van der Waals surface area contributed by atoms with Gasteiger partial charge in [-0.05, 0) is 53.8 Å². The third-order valence-corrected chi connectivity index (χ3v) is 7.28. The van der Waals surface area contributed by atoms with Crippen molar-refractivity contribution in [1.29, 1.82) is 0 Å². The lowest BCUT2D eigenvalue weighted by molar-refractivity contribution is 0.601. The highest BCUT2D eigenvalue weighted by atomic mass is 35.5. The molecule has 1 aliphatic rings. The van der Waals surface area contributed by atoms with E-state index in [0.717, 1.165) is 22.4 Å². The number of sulfonamides is 1. The summed E-state index contributed by atoms with van der Waals surface area (Å²) in [5.74, 6) is 0.884. The van der Waals surface area contributed by atoms with Crippen molar-refractivity contribution in [2.75, 3.05) is 21.1 Å². The summed E-state index contributed by atoms with van der Waals surface area (Å²) in [6, 6.07) is 13.9. The molecule has 0 amide bonds. The molecule has 0 unspecified atom stereocenters. The number of aryl methyl sites for hydroxylation is 2. The maximum Gasteiger partial charge on any atom is 0.263 e. The molecule has 1 aliphatic heterocycles. The quantitative estimate of drug-likeness (QED) is 0.300. The first kappa shape index (κ1) is 22.9. The molecule has 5 rings (SSSR count). The van der Waals surface area contributed by atoms with Crippen LogP contribution >= 0.6 is 11.6 Å². The molecule has 0 atom stereocenters. The van der Waals surface area contributed by atoms with Crippen molar-refractivity contribution in [2.45, 2.75) is 24.3 Å². The Morgan fingerprint density at radius 2 is 1.86 bits per heavy atom. The van der Waals surface area contributed by atoms with Crippen LogP contribution in [-0.2, 0) is 29.4 Å². The number of nitrogens with zero attached hydrogens (tertiary/aromatic N) is 3. The molecule has 0 fully saturated rings. The number of anilines is 5. The highest BCUT2D eigenvalue weighted by molar-refractivity contribution is 7.92. The Balaban J connectivity index is 1.52. The molecule has 0 saturated heterocycles. The van der Waals surface area contributed by atoms with Gasteiger partial charge in [-0.1, -0.05) is 35.9 Å². The fraction of sp³-hybridized carbons (Fsp3) is 0.125. The summed E-state index contributed by atoms with van der Waals surface area (Å²) in [6.07, 6.45) is 6.23. The normalized spacial score (nSPS) is 13.2. The Bertz CT molecular complexity index is 1510. The number of rotatable bonds is 3. The van der Waals surface area contributed by atoms with Crippen LogP contribution in [0.3, 0.4) is 0 Å². The molecule has 0 spiro atoms. The van der Waals surface area contributed by atoms with Gasteiger partial charge in [0.25, 0.3) is 10.0 Å². The minimum absolute atomic E-state index is 0.0380. The molecule has 2 aromatic heterocycles. The monoisotopic (exact) mass is 507 g/mol. The van der Waals surface area contributed by atoms with Crippen LogP contribution in [-0.4, -0.2) is 23.4 Å². The van der Waals surface area contributed by atoms with Crippen molar-refractivity contribution in [2.24, 2.45) is 0 Å². The van der Waals surface area contributed by atoms with E-state index in [9.17, 15) is 8.42 Å². The molecular weight excluding hydrogens is 486 g/mol. The summed E-state index contributed by atoms with van der Waals surface area (Å²) < 4.78 is 28.9. The molecule has 3 heterocycles. The second-order valence-electron chi connectivity index (χ2n) is 8.09. The second kappa shape index (κ2) is 9.40. The summed E-state index contributed by atoms with van der Waals surface area (Å²) in [6.45, 7) is 0.439. The zero-order valence-corrected chi connectivity index (χ0v) is 20.1. The Morgan fingerprint density at radius 1 is 1.00 bits per heavy atom. The second-order valence-corrected chi connectivity index (χ2v) is 10.1. The smallest absolute Gasteiger partial charge is 0.263 e. The number of pyridine rings is 1. The molecule has 9 nitrogen and oxygen atoms in total. The van der Waals surface area contributed by atoms with Crippen molar-refractivity contribution in [3.8, 4) is 0 Å². The third kappa shape index (κ3) is 5.13. The number of benzene rings is 2. The molecule has 0 radical (unpaired) electrons. The largest absolute Gasteiger partial charge is 0.398 e. The third-order valence-electron chi connectivity index (χ3n) is 5.56. The predicted octanol–water partition coefficient (Wildman–Crippen LogP) is 4.36. The van der Waals surface area contributed by atoms with Crippen LogP contribution in [0.5, 0.6) is 0 Å². The van der Waals surface area contributed by atoms with E-state index in [1.54, 1.807) is 36.7 Å². The molecule has 5 N–H and O–H groups in total. The number of hydrogen-bond acceptors (Lipinski definition) is 8. The number of halogens is 1. The van der Waals surface area contributed by atoms with Crippen molar-refractivity contribution in [3.63, 3.8) is 0 Å². The molecule has 2 aromatic carbocycles. The number of fused-ring (bicyclic) bond motifs is 6. The van der Waals surface area contributed by atoms with Crippen LogP contribution < -0.4 is 21.1 Å². The molecule has 0 aliphatic carbocycles. The van der Waals surface area contributed by atoms with Gasteiger partial charge in [-0.15, -0.1) is 0 Å². The maximum atomic E-state index is 13.1. The Kier molecular flexibility index (Phi) is 6.14. The van der Waals surface area contributed by atoms with E-state index < -0.39 is 10.0 Å². The van der Waals surface area contributed by atoms with E-state index in [1.165, 1.54) is 12.3 Å². The number of para-hydroxylation sites is 1. The topological polar surface area (TPSA) is 135 Å². The molecule has 35 heavy (non-hydrogen) atoms. The van der Waals surface area contributed by atoms with Crippen molar-refractivity contribution in [1.82, 2.24) is 15.0 Å². The van der Waals surface area contributed by atoms with E-state index in [4.69, 9.17) is 17.3 Å². The van der Waals surface area contributed by atoms with Gasteiger partial charge in [-0.3, -0.25) is 9.71 Å². The summed E-state index contributed by atoms with van der Waals surface area (Å²) in [5.41, 5.74) is 10.1. The average Bonchev–Trinajstić information content (AvgIpc) is 2.84. The highest BCUT2D eigenvalue weighted by Gasteiger charge is 2.19. The van der Waals surface area contributed by atoms with Gasteiger partial charge < -0.3 is 16.4 Å². The first-order valence-electron chi connectivity index (χ1n) is 10.8. The fourth-order valence-corrected chi connectivity index (χ4v) is 5.22. The van der Waals surface area contributed by atoms with Gasteiger partial charge in [0.15, 0.2) is 5.82 Å². The zero-order chi connectivity index (χ0) is 24.4. The molecule has 11 heteroatoms. The van der Waals surface area contributed by atoms with E-state index in [1.807, 2.05) is 18.2 Å². The Labute approximate surface area is 207 Å². The van der Waals surface area contributed by atoms with E-state index in [0.29, 0.717) is 41.9 Å². The maximum absolute atomic E-state index is 13.1. The molecule has 4 aromatic rings. The number of aromatic nitrogens is 3. The van der Waals surface area contributed by atoms with Gasteiger partial charge in [0.2, 0.25) is 5.95 Å². The number of nitrogen functional groups attached to an aromatic ring is 1. The predicted molar refractivity (Wildman–Crippen MR) is 137 cm³/mol. The van der Waals surface area contributed by atoms with Crippen LogP contribution in [0.2, 0.25) is 5.02 Å². The van der Waals surface area contributed by atoms with Crippen LogP contribution in [0.25, 0.3) is 0 Å². The van der Waals surface area contributed by atoms with E-state index >= 15 is 0 Å². The summed E-state index contributed by atoms with van der Waals surface area (Å²) in [4.78, 5) is 13.1. The Hall–Kier alpha value is -3.89. The Morgan fingerprint density at radius 3 is 2.71 bits per heavy atom. The highest BCUT2D eigenvalue weighted by Crippen LogP contribution is 2.28. The summed E-state index contributed by atoms with van der Waals surface area (Å²) in [7, 11) is -3.87. The fourth-order valence-electron chi connectivity index (χ4n) is 3.83. The average molecular weight is 508 g/mol. The van der Waals surface area contributed by atoms with Gasteiger partial charge in [-0.2, -0.15) is 4.98 Å². The minimum Gasteiger partial charge on any atom is -0.398 e. The number of hydrogen-bond donors (Lipinski definition) is 4. The first-order chi connectivity index (χ1) is 16.9. The van der Waals surface area contributed by atoms with Crippen LogP contribution in [0.1, 0.15) is 16.7 Å². The van der Waals surface area contributed by atoms with Gasteiger partial charge in [-0.25, -0.2) is 13.4 Å². The lowest BCUT2D eigenvalue weighted by atomic mass is 10.0. The van der Waals surface area contributed by atoms with Crippen molar-refractivity contribution >= 4 is 50.5 Å². The SMILES string of the molecule is Nc1ccccc1S(=O)(=O)Nc1ccc2cc1CCc1cncc(c1)Nc1ncc(Cl)c(n1)NC2. The molecule has 6 bridgehead atoms. The van der Waals surface area contributed by atoms with E-state index in [2.05, 4.69) is 30.3 Å². The molecule has 0 saturated carbocycles. The molecule has 178 valence electrons.